The molecule has 0 radical (unpaired) electrons. The molecule has 110 valence electrons. The normalized spacial score (nSPS) is 11.9. The smallest absolute Gasteiger partial charge is 0.242 e. The van der Waals surface area contributed by atoms with Gasteiger partial charge in [0.05, 0.1) is 4.90 Å². The molecule has 7 heteroatoms. The number of thiophene rings is 2. The maximum Gasteiger partial charge on any atom is 0.242 e. The van der Waals surface area contributed by atoms with Gasteiger partial charge in [0, 0.05) is 18.0 Å². The highest BCUT2D eigenvalue weighted by atomic mass is 32.2. The Morgan fingerprint density at radius 3 is 2.70 bits per heavy atom. The van der Waals surface area contributed by atoms with Crippen molar-refractivity contribution in [3.05, 3.63) is 38.2 Å². The lowest BCUT2D eigenvalue weighted by molar-refractivity contribution is 0.579. The van der Waals surface area contributed by atoms with Crippen LogP contribution in [0.3, 0.4) is 0 Å². The summed E-state index contributed by atoms with van der Waals surface area (Å²) in [5, 5.41) is 8.97. The van der Waals surface area contributed by atoms with Crippen molar-refractivity contribution in [1.29, 1.82) is 0 Å². The second kappa shape index (κ2) is 6.82. The standard InChI is InChI=1S/C13H18N2O2S3/c1-3-14-7-12-13(4-5-19-12)20(16,17)15-6-11-9-18-8-10(11)2/h4-5,8-9,14-15H,3,6-7H2,1-2H3. The van der Waals surface area contributed by atoms with Gasteiger partial charge >= 0.3 is 0 Å². The van der Waals surface area contributed by atoms with Crippen molar-refractivity contribution >= 4 is 32.7 Å². The first-order valence-corrected chi connectivity index (χ1v) is 9.63. The van der Waals surface area contributed by atoms with E-state index in [1.165, 1.54) is 11.3 Å². The SMILES string of the molecule is CCNCc1sccc1S(=O)(=O)NCc1cscc1C. The lowest BCUT2D eigenvalue weighted by atomic mass is 10.2. The summed E-state index contributed by atoms with van der Waals surface area (Å²) in [4.78, 5) is 1.23. The Labute approximate surface area is 127 Å². The minimum Gasteiger partial charge on any atom is -0.312 e. The van der Waals surface area contributed by atoms with E-state index in [4.69, 9.17) is 0 Å². The summed E-state index contributed by atoms with van der Waals surface area (Å²) in [6.07, 6.45) is 0. The van der Waals surface area contributed by atoms with Crippen molar-refractivity contribution in [3.8, 4) is 0 Å². The van der Waals surface area contributed by atoms with Gasteiger partial charge in [-0.2, -0.15) is 11.3 Å². The molecule has 0 spiro atoms. The van der Waals surface area contributed by atoms with E-state index in [2.05, 4.69) is 10.0 Å². The van der Waals surface area contributed by atoms with Crippen LogP contribution in [0.15, 0.2) is 27.1 Å². The quantitative estimate of drug-likeness (QED) is 0.821. The predicted octanol–water partition coefficient (Wildman–Crippen LogP) is 2.71. The molecule has 2 aromatic rings. The fourth-order valence-electron chi connectivity index (χ4n) is 1.75. The summed E-state index contributed by atoms with van der Waals surface area (Å²) in [5.41, 5.74) is 2.15. The zero-order chi connectivity index (χ0) is 14.6. The summed E-state index contributed by atoms with van der Waals surface area (Å²) in [6.45, 7) is 5.73. The van der Waals surface area contributed by atoms with E-state index in [1.807, 2.05) is 30.0 Å². The Kier molecular flexibility index (Phi) is 5.34. The molecule has 0 amide bonds. The van der Waals surface area contributed by atoms with Gasteiger partial charge < -0.3 is 5.32 Å². The average molecular weight is 330 g/mol. The molecule has 20 heavy (non-hydrogen) atoms. The molecule has 2 aromatic heterocycles. The van der Waals surface area contributed by atoms with Crippen LogP contribution >= 0.6 is 22.7 Å². The molecule has 0 saturated carbocycles. The van der Waals surface area contributed by atoms with Crippen LogP contribution in [0, 0.1) is 6.92 Å². The predicted molar refractivity (Wildman–Crippen MR) is 84.8 cm³/mol. The first-order valence-electron chi connectivity index (χ1n) is 6.33. The molecule has 0 fully saturated rings. The van der Waals surface area contributed by atoms with Gasteiger partial charge in [0.25, 0.3) is 0 Å². The third-order valence-corrected chi connectivity index (χ3v) is 6.39. The number of sulfonamides is 1. The molecule has 0 aliphatic carbocycles. The molecule has 2 rings (SSSR count). The summed E-state index contributed by atoms with van der Waals surface area (Å²) in [6, 6.07) is 1.67. The second-order valence-electron chi connectivity index (χ2n) is 4.39. The molecule has 2 N–H and O–H groups in total. The maximum absolute atomic E-state index is 12.4. The first kappa shape index (κ1) is 15.7. The molecular weight excluding hydrogens is 312 g/mol. The lowest BCUT2D eigenvalue weighted by Gasteiger charge is -2.08. The van der Waals surface area contributed by atoms with Crippen molar-refractivity contribution in [2.45, 2.75) is 31.8 Å². The van der Waals surface area contributed by atoms with E-state index in [-0.39, 0.29) is 0 Å². The topological polar surface area (TPSA) is 58.2 Å². The van der Waals surface area contributed by atoms with E-state index in [0.717, 1.165) is 22.5 Å². The van der Waals surface area contributed by atoms with Crippen LogP contribution in [0.2, 0.25) is 0 Å². The van der Waals surface area contributed by atoms with Crippen LogP contribution in [0.25, 0.3) is 0 Å². The van der Waals surface area contributed by atoms with E-state index in [9.17, 15) is 8.42 Å². The Balaban J connectivity index is 2.10. The molecule has 0 saturated heterocycles. The summed E-state index contributed by atoms with van der Waals surface area (Å²) in [7, 11) is -3.45. The Bertz CT molecular complexity index is 659. The number of hydrogen-bond acceptors (Lipinski definition) is 5. The van der Waals surface area contributed by atoms with Crippen LogP contribution in [0.1, 0.15) is 22.9 Å². The average Bonchev–Trinajstić information content (AvgIpc) is 3.03. The van der Waals surface area contributed by atoms with Crippen molar-refractivity contribution < 1.29 is 8.42 Å². The highest BCUT2D eigenvalue weighted by molar-refractivity contribution is 7.89. The van der Waals surface area contributed by atoms with E-state index < -0.39 is 10.0 Å². The third kappa shape index (κ3) is 3.67. The zero-order valence-corrected chi connectivity index (χ0v) is 13.9. The first-order chi connectivity index (χ1) is 9.54. The van der Waals surface area contributed by atoms with Gasteiger partial charge in [-0.1, -0.05) is 6.92 Å². The summed E-state index contributed by atoms with van der Waals surface area (Å²) >= 11 is 3.05. The molecular formula is C13H18N2O2S3. The minimum absolute atomic E-state index is 0.341. The Hall–Kier alpha value is -0.730. The number of aryl methyl sites for hydroxylation is 1. The van der Waals surface area contributed by atoms with Gasteiger partial charge in [-0.3, -0.25) is 0 Å². The van der Waals surface area contributed by atoms with Crippen LogP contribution in [0.4, 0.5) is 0 Å². The molecule has 0 aliphatic heterocycles. The zero-order valence-electron chi connectivity index (χ0n) is 11.5. The highest BCUT2D eigenvalue weighted by Crippen LogP contribution is 2.22. The number of nitrogens with one attached hydrogen (secondary N) is 2. The van der Waals surface area contributed by atoms with Crippen LogP contribution in [-0.2, 0) is 23.1 Å². The van der Waals surface area contributed by atoms with Crippen molar-refractivity contribution in [2.24, 2.45) is 0 Å². The Morgan fingerprint density at radius 1 is 1.25 bits per heavy atom. The third-order valence-electron chi connectivity index (χ3n) is 2.94. The van der Waals surface area contributed by atoms with Crippen LogP contribution < -0.4 is 10.0 Å². The van der Waals surface area contributed by atoms with E-state index >= 15 is 0 Å². The maximum atomic E-state index is 12.4. The fourth-order valence-corrected chi connectivity index (χ4v) is 5.03. The molecule has 4 nitrogen and oxygen atoms in total. The van der Waals surface area contributed by atoms with Crippen molar-refractivity contribution in [1.82, 2.24) is 10.0 Å². The molecule has 0 aliphatic rings. The van der Waals surface area contributed by atoms with Gasteiger partial charge in [0.15, 0.2) is 0 Å². The highest BCUT2D eigenvalue weighted by Gasteiger charge is 2.19. The van der Waals surface area contributed by atoms with Gasteiger partial charge in [-0.15, -0.1) is 11.3 Å². The van der Waals surface area contributed by atoms with Crippen molar-refractivity contribution in [3.63, 3.8) is 0 Å². The second-order valence-corrected chi connectivity index (χ2v) is 7.87. The monoisotopic (exact) mass is 330 g/mol. The summed E-state index contributed by atoms with van der Waals surface area (Å²) < 4.78 is 27.4. The largest absolute Gasteiger partial charge is 0.312 e. The van der Waals surface area contributed by atoms with Crippen molar-refractivity contribution in [2.75, 3.05) is 6.54 Å². The number of rotatable bonds is 7. The molecule has 0 unspecified atom stereocenters. The molecule has 0 bridgehead atoms. The van der Waals surface area contributed by atoms with Gasteiger partial charge in [0.2, 0.25) is 10.0 Å². The van der Waals surface area contributed by atoms with E-state index in [0.29, 0.717) is 18.0 Å². The van der Waals surface area contributed by atoms with Gasteiger partial charge in [0.1, 0.15) is 0 Å². The molecule has 2 heterocycles. The summed E-state index contributed by atoms with van der Waals surface area (Å²) in [5.74, 6) is 0. The fraction of sp³-hybridized carbons (Fsp3) is 0.385. The molecule has 0 atom stereocenters. The minimum atomic E-state index is -3.45. The van der Waals surface area contributed by atoms with Gasteiger partial charge in [-0.25, -0.2) is 13.1 Å². The molecule has 0 aromatic carbocycles. The Morgan fingerprint density at radius 2 is 2.05 bits per heavy atom. The van der Waals surface area contributed by atoms with Crippen LogP contribution in [0.5, 0.6) is 0 Å². The lowest BCUT2D eigenvalue weighted by Crippen LogP contribution is -2.24. The van der Waals surface area contributed by atoms with Gasteiger partial charge in [-0.05, 0) is 46.8 Å². The van der Waals surface area contributed by atoms with E-state index in [1.54, 1.807) is 17.4 Å². The van der Waals surface area contributed by atoms with Crippen LogP contribution in [-0.4, -0.2) is 15.0 Å². The number of hydrogen-bond donors (Lipinski definition) is 2.